The van der Waals surface area contributed by atoms with Gasteiger partial charge in [-0.1, -0.05) is 12.8 Å². The third-order valence-corrected chi connectivity index (χ3v) is 4.84. The molecule has 21 heavy (non-hydrogen) atoms. The first-order valence-corrected chi connectivity index (χ1v) is 7.70. The Morgan fingerprint density at radius 1 is 1.33 bits per heavy atom. The summed E-state index contributed by atoms with van der Waals surface area (Å²) in [7, 11) is 3.86. The fraction of sp³-hybridized carbons (Fsp3) is 0.733. The van der Waals surface area contributed by atoms with Crippen LogP contribution in [0.2, 0.25) is 0 Å². The number of nitrogens with one attached hydrogen (secondary N) is 1. The molecule has 1 aliphatic heterocycles. The summed E-state index contributed by atoms with van der Waals surface area (Å²) in [6, 6.07) is 2.05. The van der Waals surface area contributed by atoms with Gasteiger partial charge in [0.05, 0.1) is 12.2 Å². The normalized spacial score (nSPS) is 25.4. The molecule has 0 radical (unpaired) electrons. The van der Waals surface area contributed by atoms with E-state index in [1.54, 1.807) is 0 Å². The average Bonchev–Trinajstić information content (AvgIpc) is 3.06. The summed E-state index contributed by atoms with van der Waals surface area (Å²) in [5.41, 5.74) is 1.18. The van der Waals surface area contributed by atoms with Gasteiger partial charge in [0.1, 0.15) is 0 Å². The molecule has 0 aromatic carbocycles. The number of likely N-dealkylation sites (tertiary alicyclic amines) is 1. The zero-order valence-electron chi connectivity index (χ0n) is 13.0. The highest BCUT2D eigenvalue weighted by molar-refractivity contribution is 14.0. The lowest BCUT2D eigenvalue weighted by atomic mass is 9.82. The van der Waals surface area contributed by atoms with Gasteiger partial charge in [-0.15, -0.1) is 24.0 Å². The van der Waals surface area contributed by atoms with Gasteiger partial charge >= 0.3 is 0 Å². The Kier molecular flexibility index (Phi) is 5.89. The van der Waals surface area contributed by atoms with Crippen LogP contribution in [0.15, 0.2) is 17.3 Å². The van der Waals surface area contributed by atoms with Gasteiger partial charge in [-0.05, 0) is 30.7 Å². The Bertz CT molecular complexity index is 470. The summed E-state index contributed by atoms with van der Waals surface area (Å²) in [5.74, 6) is 2.82. The molecule has 3 rings (SSSR count). The van der Waals surface area contributed by atoms with Crippen LogP contribution < -0.4 is 5.32 Å². The zero-order chi connectivity index (χ0) is 13.9. The second-order valence-corrected chi connectivity index (χ2v) is 6.06. The summed E-state index contributed by atoms with van der Waals surface area (Å²) in [5, 5.41) is 7.68. The number of aryl methyl sites for hydroxylation is 1. The largest absolute Gasteiger partial charge is 0.351 e. The third-order valence-electron chi connectivity index (χ3n) is 4.84. The van der Waals surface area contributed by atoms with E-state index < -0.39 is 0 Å². The molecule has 0 bridgehead atoms. The molecule has 1 aliphatic carbocycles. The lowest BCUT2D eigenvalue weighted by Gasteiger charge is -2.22. The zero-order valence-corrected chi connectivity index (χ0v) is 15.3. The molecule has 2 aliphatic rings. The van der Waals surface area contributed by atoms with Crippen LogP contribution >= 0.6 is 24.0 Å². The van der Waals surface area contributed by atoms with Gasteiger partial charge in [-0.3, -0.25) is 9.67 Å². The molecule has 2 atom stereocenters. The van der Waals surface area contributed by atoms with Gasteiger partial charge in [-0.2, -0.15) is 5.10 Å². The number of halogens is 1. The van der Waals surface area contributed by atoms with Crippen molar-refractivity contribution in [3.8, 4) is 0 Å². The number of aliphatic imine (C=N–C) groups is 1. The Balaban J connectivity index is 0.00000161. The number of nitrogens with zero attached hydrogens (tertiary/aromatic N) is 4. The maximum absolute atomic E-state index is 4.46. The summed E-state index contributed by atoms with van der Waals surface area (Å²) in [6.45, 7) is 3.14. The molecule has 118 valence electrons. The van der Waals surface area contributed by atoms with E-state index in [9.17, 15) is 0 Å². The quantitative estimate of drug-likeness (QED) is 0.468. The maximum Gasteiger partial charge on any atom is 0.193 e. The van der Waals surface area contributed by atoms with Gasteiger partial charge in [-0.25, -0.2) is 0 Å². The topological polar surface area (TPSA) is 45.5 Å². The van der Waals surface area contributed by atoms with E-state index in [0.717, 1.165) is 24.3 Å². The molecule has 1 saturated carbocycles. The third kappa shape index (κ3) is 3.70. The predicted molar refractivity (Wildman–Crippen MR) is 95.8 cm³/mol. The SMILES string of the molecule is CN=C(NCc1ccnn1C)N1CC2CCCCC2C1.I. The standard InChI is InChI=1S/C15H25N5.HI/c1-16-15(17-9-14-7-8-18-19(14)2)20-10-12-5-3-4-6-13(12)11-20;/h7-8,12-13H,3-6,9-11H2,1-2H3,(H,16,17);1H. The predicted octanol–water partition coefficient (Wildman–Crippen LogP) is 2.24. The van der Waals surface area contributed by atoms with E-state index in [1.807, 2.05) is 31.0 Å². The van der Waals surface area contributed by atoms with Crippen LogP contribution in [0.4, 0.5) is 0 Å². The molecule has 6 heteroatoms. The molecule has 2 heterocycles. The lowest BCUT2D eigenvalue weighted by Crippen LogP contribution is -2.40. The van der Waals surface area contributed by atoms with Crippen molar-refractivity contribution in [3.05, 3.63) is 18.0 Å². The Hall–Kier alpha value is -0.790. The van der Waals surface area contributed by atoms with Gasteiger partial charge in [0.25, 0.3) is 0 Å². The molecule has 1 aromatic heterocycles. The van der Waals surface area contributed by atoms with Crippen molar-refractivity contribution in [1.29, 1.82) is 0 Å². The molecular weight excluding hydrogens is 377 g/mol. The van der Waals surface area contributed by atoms with Gasteiger partial charge < -0.3 is 10.2 Å². The van der Waals surface area contributed by atoms with Crippen LogP contribution in [0.25, 0.3) is 0 Å². The van der Waals surface area contributed by atoms with E-state index in [4.69, 9.17) is 0 Å². The van der Waals surface area contributed by atoms with Crippen molar-refractivity contribution in [2.75, 3.05) is 20.1 Å². The van der Waals surface area contributed by atoms with Crippen molar-refractivity contribution in [2.45, 2.75) is 32.2 Å². The molecule has 1 saturated heterocycles. The number of aromatic nitrogens is 2. The molecule has 1 N–H and O–H groups in total. The fourth-order valence-corrected chi connectivity index (χ4v) is 3.66. The minimum atomic E-state index is 0. The minimum absolute atomic E-state index is 0. The summed E-state index contributed by atoms with van der Waals surface area (Å²) in [6.07, 6.45) is 7.47. The van der Waals surface area contributed by atoms with E-state index in [1.165, 1.54) is 44.5 Å². The summed E-state index contributed by atoms with van der Waals surface area (Å²) >= 11 is 0. The van der Waals surface area contributed by atoms with Crippen molar-refractivity contribution in [2.24, 2.45) is 23.9 Å². The molecule has 1 aromatic rings. The Morgan fingerprint density at radius 3 is 2.52 bits per heavy atom. The summed E-state index contributed by atoms with van der Waals surface area (Å²) in [4.78, 5) is 6.90. The highest BCUT2D eigenvalue weighted by Crippen LogP contribution is 2.35. The molecule has 0 spiro atoms. The van der Waals surface area contributed by atoms with Crippen LogP contribution in [0, 0.1) is 11.8 Å². The first-order valence-electron chi connectivity index (χ1n) is 7.70. The van der Waals surface area contributed by atoms with E-state index >= 15 is 0 Å². The van der Waals surface area contributed by atoms with Gasteiger partial charge in [0, 0.05) is 33.4 Å². The monoisotopic (exact) mass is 403 g/mol. The van der Waals surface area contributed by atoms with Crippen molar-refractivity contribution in [1.82, 2.24) is 20.0 Å². The maximum atomic E-state index is 4.46. The van der Waals surface area contributed by atoms with Crippen molar-refractivity contribution >= 4 is 29.9 Å². The molecule has 0 amide bonds. The first kappa shape index (κ1) is 16.6. The Labute approximate surface area is 144 Å². The highest BCUT2D eigenvalue weighted by Gasteiger charge is 2.35. The summed E-state index contributed by atoms with van der Waals surface area (Å²) < 4.78 is 1.91. The van der Waals surface area contributed by atoms with Crippen LogP contribution in [-0.4, -0.2) is 40.8 Å². The fourth-order valence-electron chi connectivity index (χ4n) is 3.66. The number of guanidine groups is 1. The molecule has 2 fully saturated rings. The second kappa shape index (κ2) is 7.47. The van der Waals surface area contributed by atoms with E-state index in [2.05, 4.69) is 20.3 Å². The van der Waals surface area contributed by atoms with Crippen molar-refractivity contribution in [3.63, 3.8) is 0 Å². The lowest BCUT2D eigenvalue weighted by molar-refractivity contribution is 0.299. The molecular formula is C15H26IN5. The number of hydrogen-bond donors (Lipinski definition) is 1. The number of hydrogen-bond acceptors (Lipinski definition) is 2. The molecule has 2 unspecified atom stereocenters. The van der Waals surface area contributed by atoms with Crippen LogP contribution in [-0.2, 0) is 13.6 Å². The minimum Gasteiger partial charge on any atom is -0.351 e. The van der Waals surface area contributed by atoms with Crippen LogP contribution in [0.1, 0.15) is 31.4 Å². The smallest absolute Gasteiger partial charge is 0.193 e. The first-order chi connectivity index (χ1) is 9.78. The van der Waals surface area contributed by atoms with Gasteiger partial charge in [0.15, 0.2) is 5.96 Å². The number of fused-ring (bicyclic) bond motifs is 1. The van der Waals surface area contributed by atoms with Gasteiger partial charge in [0.2, 0.25) is 0 Å². The van der Waals surface area contributed by atoms with E-state index in [0.29, 0.717) is 0 Å². The van der Waals surface area contributed by atoms with E-state index in [-0.39, 0.29) is 24.0 Å². The van der Waals surface area contributed by atoms with Crippen LogP contribution in [0.3, 0.4) is 0 Å². The van der Waals surface area contributed by atoms with Crippen molar-refractivity contribution < 1.29 is 0 Å². The highest BCUT2D eigenvalue weighted by atomic mass is 127. The Morgan fingerprint density at radius 2 is 2.00 bits per heavy atom. The number of rotatable bonds is 2. The average molecular weight is 403 g/mol. The molecule has 5 nitrogen and oxygen atoms in total. The second-order valence-electron chi connectivity index (χ2n) is 6.06. The van der Waals surface area contributed by atoms with Crippen LogP contribution in [0.5, 0.6) is 0 Å².